The molecule has 1 fully saturated rings. The van der Waals surface area contributed by atoms with Gasteiger partial charge in [0.1, 0.15) is 6.61 Å². The Hall–Kier alpha value is -1.77. The second kappa shape index (κ2) is 9.82. The Labute approximate surface area is 177 Å². The van der Waals surface area contributed by atoms with E-state index in [-0.39, 0.29) is 0 Å². The largest absolute Gasteiger partial charge is 0.493 e. The van der Waals surface area contributed by atoms with Crippen LogP contribution in [0.2, 0.25) is 0 Å². The van der Waals surface area contributed by atoms with E-state index in [4.69, 9.17) is 9.47 Å². The van der Waals surface area contributed by atoms with Gasteiger partial charge in [-0.25, -0.2) is 0 Å². The Morgan fingerprint density at radius 1 is 0.966 bits per heavy atom. The van der Waals surface area contributed by atoms with Gasteiger partial charge in [0.2, 0.25) is 0 Å². The number of alkyl halides is 3. The Morgan fingerprint density at radius 3 is 2.24 bits per heavy atom. The van der Waals surface area contributed by atoms with Crippen LogP contribution in [0.1, 0.15) is 11.1 Å². The molecule has 0 atom stereocenters. The summed E-state index contributed by atoms with van der Waals surface area (Å²) in [4.78, 5) is 3.61. The molecule has 0 aromatic heterocycles. The average Bonchev–Trinajstić information content (AvgIpc) is 2.69. The van der Waals surface area contributed by atoms with Crippen LogP contribution in [0.15, 0.2) is 46.9 Å². The normalized spacial score (nSPS) is 16.0. The number of benzene rings is 2. The minimum Gasteiger partial charge on any atom is -0.493 e. The van der Waals surface area contributed by atoms with Gasteiger partial charge in [0.25, 0.3) is 0 Å². The number of piperazine rings is 1. The first-order valence-corrected chi connectivity index (χ1v) is 10.2. The highest BCUT2D eigenvalue weighted by atomic mass is 79.9. The van der Waals surface area contributed by atoms with Crippen molar-refractivity contribution >= 4 is 15.9 Å². The summed E-state index contributed by atoms with van der Waals surface area (Å²) in [6.07, 6.45) is -4.15. The van der Waals surface area contributed by atoms with Crippen molar-refractivity contribution in [2.75, 3.05) is 39.8 Å². The van der Waals surface area contributed by atoms with Gasteiger partial charge in [0, 0.05) is 32.7 Å². The first kappa shape index (κ1) is 21.9. The average molecular weight is 473 g/mol. The smallest absolute Gasteiger partial charge is 0.401 e. The number of hydrogen-bond donors (Lipinski definition) is 0. The zero-order chi connectivity index (χ0) is 20.9. The molecule has 0 amide bonds. The first-order chi connectivity index (χ1) is 13.9. The third kappa shape index (κ3) is 6.35. The van der Waals surface area contributed by atoms with E-state index in [1.165, 1.54) is 4.90 Å². The standard InChI is InChI=1S/C21H24BrF3N2O2/c1-28-18-8-7-17(13-26-9-11-27(12-10-26)15-21(23,24)25)19(22)20(18)29-14-16-5-3-2-4-6-16/h2-8H,9-15H2,1H3. The molecule has 0 aliphatic carbocycles. The SMILES string of the molecule is COc1ccc(CN2CCN(CC(F)(F)F)CC2)c(Br)c1OCc1ccccc1. The van der Waals surface area contributed by atoms with E-state index in [9.17, 15) is 13.2 Å². The molecule has 1 heterocycles. The molecule has 1 aliphatic heterocycles. The van der Waals surface area contributed by atoms with Crippen LogP contribution < -0.4 is 9.47 Å². The number of methoxy groups -OCH3 is 1. The summed E-state index contributed by atoms with van der Waals surface area (Å²) in [7, 11) is 1.59. The molecule has 2 aromatic rings. The lowest BCUT2D eigenvalue weighted by molar-refractivity contribution is -0.149. The van der Waals surface area contributed by atoms with Gasteiger partial charge in [-0.1, -0.05) is 36.4 Å². The summed E-state index contributed by atoms with van der Waals surface area (Å²) in [5.41, 5.74) is 2.06. The summed E-state index contributed by atoms with van der Waals surface area (Å²) < 4.78 is 50.0. The van der Waals surface area contributed by atoms with Gasteiger partial charge in [0.15, 0.2) is 11.5 Å². The maximum absolute atomic E-state index is 12.6. The molecule has 4 nitrogen and oxygen atoms in total. The fourth-order valence-electron chi connectivity index (χ4n) is 3.33. The van der Waals surface area contributed by atoms with Crippen LogP contribution in [0.5, 0.6) is 11.5 Å². The predicted molar refractivity (Wildman–Crippen MR) is 109 cm³/mol. The van der Waals surface area contributed by atoms with Crippen molar-refractivity contribution in [3.8, 4) is 11.5 Å². The lowest BCUT2D eigenvalue weighted by atomic mass is 10.1. The molecule has 8 heteroatoms. The van der Waals surface area contributed by atoms with Crippen molar-refractivity contribution in [3.05, 3.63) is 58.1 Å². The minimum absolute atomic E-state index is 0.407. The van der Waals surface area contributed by atoms with E-state index >= 15 is 0 Å². The number of rotatable bonds is 7. The molecule has 1 saturated heterocycles. The van der Waals surface area contributed by atoms with Gasteiger partial charge >= 0.3 is 6.18 Å². The van der Waals surface area contributed by atoms with Gasteiger partial charge in [-0.15, -0.1) is 0 Å². The molecule has 29 heavy (non-hydrogen) atoms. The van der Waals surface area contributed by atoms with Crippen LogP contribution in [0, 0.1) is 0 Å². The van der Waals surface area contributed by atoms with Gasteiger partial charge < -0.3 is 9.47 Å². The van der Waals surface area contributed by atoms with Gasteiger partial charge in [-0.05, 0) is 33.1 Å². The Balaban J connectivity index is 1.64. The van der Waals surface area contributed by atoms with E-state index in [1.54, 1.807) is 7.11 Å². The van der Waals surface area contributed by atoms with E-state index in [0.29, 0.717) is 50.8 Å². The summed E-state index contributed by atoms with van der Waals surface area (Å²) in [5.74, 6) is 1.26. The molecular formula is C21H24BrF3N2O2. The third-order valence-corrected chi connectivity index (χ3v) is 5.72. The summed E-state index contributed by atoms with van der Waals surface area (Å²) >= 11 is 3.63. The predicted octanol–water partition coefficient (Wildman–Crippen LogP) is 4.72. The molecule has 0 N–H and O–H groups in total. The second-order valence-electron chi connectivity index (χ2n) is 7.01. The van der Waals surface area contributed by atoms with Gasteiger partial charge in [-0.3, -0.25) is 9.80 Å². The molecule has 1 aliphatic rings. The first-order valence-electron chi connectivity index (χ1n) is 9.39. The molecular weight excluding hydrogens is 449 g/mol. The molecule has 0 radical (unpaired) electrons. The topological polar surface area (TPSA) is 24.9 Å². The third-order valence-electron chi connectivity index (χ3n) is 4.85. The summed E-state index contributed by atoms with van der Waals surface area (Å²) in [6, 6.07) is 13.7. The van der Waals surface area contributed by atoms with Crippen LogP contribution >= 0.6 is 15.9 Å². The van der Waals surface area contributed by atoms with Crippen molar-refractivity contribution in [3.63, 3.8) is 0 Å². The van der Waals surface area contributed by atoms with Crippen molar-refractivity contribution in [2.24, 2.45) is 0 Å². The van der Waals surface area contributed by atoms with E-state index in [1.807, 2.05) is 42.5 Å². The number of ether oxygens (including phenoxy) is 2. The van der Waals surface area contributed by atoms with Crippen LogP contribution in [0.4, 0.5) is 13.2 Å². The maximum Gasteiger partial charge on any atom is 0.401 e. The van der Waals surface area contributed by atoms with Crippen molar-refractivity contribution in [2.45, 2.75) is 19.3 Å². The van der Waals surface area contributed by atoms with Crippen LogP contribution in [-0.4, -0.2) is 55.8 Å². The highest BCUT2D eigenvalue weighted by Gasteiger charge is 2.32. The van der Waals surface area contributed by atoms with Crippen LogP contribution in [0.3, 0.4) is 0 Å². The molecule has 158 valence electrons. The zero-order valence-electron chi connectivity index (χ0n) is 16.2. The van der Waals surface area contributed by atoms with Gasteiger partial charge in [-0.2, -0.15) is 13.2 Å². The van der Waals surface area contributed by atoms with Crippen molar-refractivity contribution in [1.82, 2.24) is 9.80 Å². The monoisotopic (exact) mass is 472 g/mol. The van der Waals surface area contributed by atoms with Crippen molar-refractivity contribution < 1.29 is 22.6 Å². The summed E-state index contributed by atoms with van der Waals surface area (Å²) in [5, 5.41) is 0. The fourth-order valence-corrected chi connectivity index (χ4v) is 3.89. The fraction of sp³-hybridized carbons (Fsp3) is 0.429. The zero-order valence-corrected chi connectivity index (χ0v) is 17.8. The van der Waals surface area contributed by atoms with Gasteiger partial charge in [0.05, 0.1) is 18.1 Å². The highest BCUT2D eigenvalue weighted by molar-refractivity contribution is 9.10. The molecule has 2 aromatic carbocycles. The van der Waals surface area contributed by atoms with E-state index in [2.05, 4.69) is 20.8 Å². The van der Waals surface area contributed by atoms with E-state index < -0.39 is 12.7 Å². The molecule has 0 spiro atoms. The molecule has 0 saturated carbocycles. The summed E-state index contributed by atoms with van der Waals surface area (Å²) in [6.45, 7) is 2.20. The van der Waals surface area contributed by atoms with Crippen LogP contribution in [-0.2, 0) is 13.2 Å². The maximum atomic E-state index is 12.6. The minimum atomic E-state index is -4.15. The Morgan fingerprint density at radius 2 is 1.62 bits per heavy atom. The number of hydrogen-bond acceptors (Lipinski definition) is 4. The molecule has 0 unspecified atom stereocenters. The molecule has 0 bridgehead atoms. The second-order valence-corrected chi connectivity index (χ2v) is 7.80. The van der Waals surface area contributed by atoms with E-state index in [0.717, 1.165) is 15.6 Å². The number of halogens is 4. The van der Waals surface area contributed by atoms with Crippen molar-refractivity contribution in [1.29, 1.82) is 0 Å². The lowest BCUT2D eigenvalue weighted by Gasteiger charge is -2.35. The molecule has 3 rings (SSSR count). The highest BCUT2D eigenvalue weighted by Crippen LogP contribution is 2.39. The quantitative estimate of drug-likeness (QED) is 0.582. The lowest BCUT2D eigenvalue weighted by Crippen LogP contribution is -2.48. The number of nitrogens with zero attached hydrogens (tertiary/aromatic N) is 2. The Bertz CT molecular complexity index is 795. The Kier molecular flexibility index (Phi) is 7.43. The van der Waals surface area contributed by atoms with Crippen LogP contribution in [0.25, 0.3) is 0 Å².